The number of fused-ring (bicyclic) bond motifs is 3. The topological polar surface area (TPSA) is 98.8 Å². The fraction of sp³-hybridized carbons (Fsp3) is 0.361. The molecular formula is C36H38N4O5. The molecule has 2 aliphatic heterocycles. The molecule has 0 bridgehead atoms. The molecule has 3 aromatic carbocycles. The number of rotatable bonds is 8. The molecule has 1 fully saturated rings. The van der Waals surface area contributed by atoms with Crippen molar-refractivity contribution in [1.29, 1.82) is 0 Å². The second-order valence-corrected chi connectivity index (χ2v) is 12.0. The highest BCUT2D eigenvalue weighted by Crippen LogP contribution is 2.39. The van der Waals surface area contributed by atoms with Crippen molar-refractivity contribution in [3.05, 3.63) is 83.3 Å². The highest BCUT2D eigenvalue weighted by Gasteiger charge is 2.29. The summed E-state index contributed by atoms with van der Waals surface area (Å²) in [6.45, 7) is 3.15. The first kappa shape index (κ1) is 29.1. The quantitative estimate of drug-likeness (QED) is 0.207. The number of aromatic nitrogens is 3. The first-order valence-electron chi connectivity index (χ1n) is 15.9. The summed E-state index contributed by atoms with van der Waals surface area (Å²) in [7, 11) is 1.92. The molecule has 45 heavy (non-hydrogen) atoms. The number of carbonyl (C=O) groups is 2. The fourth-order valence-corrected chi connectivity index (χ4v) is 7.06. The Morgan fingerprint density at radius 2 is 1.82 bits per heavy atom. The van der Waals surface area contributed by atoms with Crippen LogP contribution in [0.1, 0.15) is 59.5 Å². The van der Waals surface area contributed by atoms with E-state index in [4.69, 9.17) is 14.6 Å². The Bertz CT molecular complexity index is 1900. The van der Waals surface area contributed by atoms with Gasteiger partial charge in [0.1, 0.15) is 11.4 Å². The van der Waals surface area contributed by atoms with Crippen molar-refractivity contribution in [2.75, 3.05) is 19.8 Å². The second kappa shape index (κ2) is 12.4. The number of amides is 1. The number of hydrogen-bond donors (Lipinski definition) is 1. The molecule has 9 nitrogen and oxygen atoms in total. The number of carboxylic acids is 1. The van der Waals surface area contributed by atoms with Gasteiger partial charge in [0, 0.05) is 55.1 Å². The Kier molecular flexibility index (Phi) is 8.02. The van der Waals surface area contributed by atoms with Crippen LogP contribution in [0.5, 0.6) is 5.75 Å². The van der Waals surface area contributed by atoms with E-state index < -0.39 is 5.97 Å². The van der Waals surface area contributed by atoms with Crippen molar-refractivity contribution in [3.63, 3.8) is 0 Å². The first-order chi connectivity index (χ1) is 22.0. The predicted molar refractivity (Wildman–Crippen MR) is 172 cm³/mol. The van der Waals surface area contributed by atoms with Gasteiger partial charge in [0.15, 0.2) is 0 Å². The minimum atomic E-state index is -0.928. The Morgan fingerprint density at radius 3 is 2.67 bits per heavy atom. The molecule has 2 aliphatic rings. The predicted octanol–water partition coefficient (Wildman–Crippen LogP) is 6.34. The molecule has 232 valence electrons. The van der Waals surface area contributed by atoms with E-state index in [0.717, 1.165) is 81.3 Å². The highest BCUT2D eigenvalue weighted by molar-refractivity contribution is 6.04. The van der Waals surface area contributed by atoms with Gasteiger partial charge >= 0.3 is 5.97 Å². The Hall–Kier alpha value is -4.63. The van der Waals surface area contributed by atoms with E-state index in [0.29, 0.717) is 57.9 Å². The fourth-order valence-electron chi connectivity index (χ4n) is 7.06. The zero-order valence-electron chi connectivity index (χ0n) is 25.6. The lowest BCUT2D eigenvalue weighted by molar-refractivity contribution is -0.128. The van der Waals surface area contributed by atoms with Crippen LogP contribution in [-0.4, -0.2) is 56.0 Å². The number of ether oxygens (including phenoxy) is 2. The summed E-state index contributed by atoms with van der Waals surface area (Å²) in [6, 6.07) is 20.3. The van der Waals surface area contributed by atoms with E-state index in [2.05, 4.69) is 24.3 Å². The summed E-state index contributed by atoms with van der Waals surface area (Å²) in [5, 5.41) is 18.6. The molecule has 4 heterocycles. The molecule has 5 aromatic rings. The second-order valence-electron chi connectivity index (χ2n) is 12.0. The van der Waals surface area contributed by atoms with Crippen molar-refractivity contribution >= 4 is 33.6 Å². The average Bonchev–Trinajstić information content (AvgIpc) is 3.69. The number of likely N-dealkylation sites (tertiary alicyclic amines) is 1. The summed E-state index contributed by atoms with van der Waals surface area (Å²) in [5.41, 5.74) is 5.69. The molecule has 2 aromatic heterocycles. The van der Waals surface area contributed by atoms with Crippen LogP contribution in [0.2, 0.25) is 0 Å². The summed E-state index contributed by atoms with van der Waals surface area (Å²) in [4.78, 5) is 27.4. The minimum absolute atomic E-state index is 0.144. The number of carbonyl (C=O) groups excluding carboxylic acids is 1. The van der Waals surface area contributed by atoms with Crippen molar-refractivity contribution < 1.29 is 24.2 Å². The highest BCUT2D eigenvalue weighted by atomic mass is 16.5. The summed E-state index contributed by atoms with van der Waals surface area (Å²) >= 11 is 0. The number of para-hydroxylation sites is 1. The lowest BCUT2D eigenvalue weighted by atomic mass is 9.97. The van der Waals surface area contributed by atoms with Crippen LogP contribution in [-0.2, 0) is 42.7 Å². The molecule has 0 unspecified atom stereocenters. The Balaban J connectivity index is 1.29. The van der Waals surface area contributed by atoms with Gasteiger partial charge < -0.3 is 24.0 Å². The van der Waals surface area contributed by atoms with Crippen LogP contribution < -0.4 is 4.74 Å². The Labute approximate surface area is 262 Å². The normalized spacial score (nSPS) is 15.4. The van der Waals surface area contributed by atoms with E-state index in [1.165, 1.54) is 0 Å². The van der Waals surface area contributed by atoms with Gasteiger partial charge in [-0.15, -0.1) is 0 Å². The van der Waals surface area contributed by atoms with E-state index in [9.17, 15) is 14.7 Å². The number of aromatic carboxylic acids is 1. The Morgan fingerprint density at radius 1 is 1.00 bits per heavy atom. The molecular weight excluding hydrogens is 568 g/mol. The standard InChI is InChI=1S/C36H38N4O5/c1-38-30-23-44-20-5-4-19-40-34-26(13-7-14-28(34)33(30)29(37-38)22-39-18-8-17-32(39)41)27(35(40)36(42)43)15-9-21-45-31-16-6-11-24-10-2-3-12-25(24)31/h2-3,6-7,10-14,16H,4-5,8-9,15,17-23H2,1H3,(H,42,43). The van der Waals surface area contributed by atoms with E-state index in [-0.39, 0.29) is 5.91 Å². The third-order valence-corrected chi connectivity index (χ3v) is 9.15. The van der Waals surface area contributed by atoms with Gasteiger partial charge in [0.2, 0.25) is 5.91 Å². The smallest absolute Gasteiger partial charge is 0.352 e. The molecule has 1 N–H and O–H groups in total. The molecule has 0 saturated carbocycles. The molecule has 9 heteroatoms. The maximum absolute atomic E-state index is 13.0. The molecule has 0 atom stereocenters. The molecule has 1 amide bonds. The van der Waals surface area contributed by atoms with Crippen molar-refractivity contribution in [2.45, 2.75) is 58.2 Å². The van der Waals surface area contributed by atoms with Gasteiger partial charge in [-0.3, -0.25) is 9.48 Å². The van der Waals surface area contributed by atoms with Gasteiger partial charge in [-0.05, 0) is 49.1 Å². The largest absolute Gasteiger partial charge is 0.493 e. The van der Waals surface area contributed by atoms with Gasteiger partial charge in [-0.25, -0.2) is 4.79 Å². The van der Waals surface area contributed by atoms with Crippen LogP contribution in [0.4, 0.5) is 0 Å². The maximum atomic E-state index is 13.0. The number of nitrogens with zero attached hydrogens (tertiary/aromatic N) is 4. The van der Waals surface area contributed by atoms with Crippen molar-refractivity contribution in [3.8, 4) is 16.9 Å². The number of hydrogen-bond acceptors (Lipinski definition) is 5. The number of aryl methyl sites for hydroxylation is 3. The van der Waals surface area contributed by atoms with Crippen LogP contribution in [0.25, 0.3) is 32.8 Å². The van der Waals surface area contributed by atoms with Crippen LogP contribution in [0.15, 0.2) is 60.7 Å². The summed E-state index contributed by atoms with van der Waals surface area (Å²) < 4.78 is 16.2. The number of carboxylic acid groups (broad SMARTS) is 1. The molecule has 0 spiro atoms. The zero-order valence-corrected chi connectivity index (χ0v) is 25.6. The monoisotopic (exact) mass is 606 g/mol. The van der Waals surface area contributed by atoms with Gasteiger partial charge in [-0.2, -0.15) is 5.10 Å². The molecule has 1 saturated heterocycles. The summed E-state index contributed by atoms with van der Waals surface area (Å²) in [5.74, 6) is 0.0497. The lowest BCUT2D eigenvalue weighted by Gasteiger charge is -2.16. The van der Waals surface area contributed by atoms with Crippen LogP contribution in [0.3, 0.4) is 0 Å². The molecule has 0 aliphatic carbocycles. The van der Waals surface area contributed by atoms with E-state index in [1.54, 1.807) is 0 Å². The molecule has 7 rings (SSSR count). The van der Waals surface area contributed by atoms with Crippen LogP contribution >= 0.6 is 0 Å². The van der Waals surface area contributed by atoms with E-state index >= 15 is 0 Å². The first-order valence-corrected chi connectivity index (χ1v) is 15.9. The SMILES string of the molecule is Cn1nc(CN2CCCC2=O)c2c1COCCCCn1c(C(=O)O)c(CCCOc3cccc4ccccc34)c3cccc-2c31. The van der Waals surface area contributed by atoms with Gasteiger partial charge in [0.05, 0.1) is 36.7 Å². The van der Waals surface area contributed by atoms with Crippen molar-refractivity contribution in [2.24, 2.45) is 7.05 Å². The van der Waals surface area contributed by atoms with Gasteiger partial charge in [0.25, 0.3) is 0 Å². The third kappa shape index (κ3) is 5.46. The average molecular weight is 607 g/mol. The van der Waals surface area contributed by atoms with Crippen LogP contribution in [0, 0.1) is 0 Å². The minimum Gasteiger partial charge on any atom is -0.493 e. The zero-order chi connectivity index (χ0) is 30.9. The maximum Gasteiger partial charge on any atom is 0.352 e. The van der Waals surface area contributed by atoms with Crippen molar-refractivity contribution in [1.82, 2.24) is 19.2 Å². The lowest BCUT2D eigenvalue weighted by Crippen LogP contribution is -2.24. The van der Waals surface area contributed by atoms with Gasteiger partial charge in [-0.1, -0.05) is 54.6 Å². The summed E-state index contributed by atoms with van der Waals surface area (Å²) in [6.07, 6.45) is 4.26. The van der Waals surface area contributed by atoms with E-state index in [1.807, 2.05) is 57.6 Å². The third-order valence-electron chi connectivity index (χ3n) is 9.15. The number of benzene rings is 3. The molecule has 0 radical (unpaired) electrons.